The monoisotopic (exact) mass is 348 g/mol. The number of amides is 2. The van der Waals surface area contributed by atoms with Crippen molar-refractivity contribution in [2.24, 2.45) is 0 Å². The summed E-state index contributed by atoms with van der Waals surface area (Å²) in [7, 11) is 1.64. The molecule has 0 saturated carbocycles. The minimum Gasteiger partial charge on any atom is -0.489 e. The highest BCUT2D eigenvalue weighted by atomic mass is 16.5. The van der Waals surface area contributed by atoms with Crippen LogP contribution in [-0.2, 0) is 4.74 Å². The van der Waals surface area contributed by atoms with Gasteiger partial charge in [0.25, 0.3) is 0 Å². The zero-order valence-corrected chi connectivity index (χ0v) is 14.9. The van der Waals surface area contributed by atoms with Crippen molar-refractivity contribution in [2.75, 3.05) is 64.9 Å². The number of rotatable bonds is 6. The molecular weight excluding hydrogens is 320 g/mol. The number of nitrogens with one attached hydrogen (secondary N) is 2. The van der Waals surface area contributed by atoms with E-state index in [-0.39, 0.29) is 6.03 Å². The molecule has 138 valence electrons. The van der Waals surface area contributed by atoms with Crippen LogP contribution in [0, 0.1) is 0 Å². The van der Waals surface area contributed by atoms with Crippen molar-refractivity contribution in [1.82, 2.24) is 15.1 Å². The third-order valence-corrected chi connectivity index (χ3v) is 4.83. The third kappa shape index (κ3) is 4.84. The summed E-state index contributed by atoms with van der Waals surface area (Å²) in [6.07, 6.45) is 1.21. The summed E-state index contributed by atoms with van der Waals surface area (Å²) in [6.45, 7) is 6.53. The lowest BCUT2D eigenvalue weighted by atomic mass is 10.2. The van der Waals surface area contributed by atoms with E-state index in [1.54, 1.807) is 7.11 Å². The van der Waals surface area contributed by atoms with Gasteiger partial charge in [-0.05, 0) is 25.1 Å². The molecule has 7 nitrogen and oxygen atoms in total. The molecule has 1 aromatic rings. The van der Waals surface area contributed by atoms with Crippen molar-refractivity contribution in [3.63, 3.8) is 0 Å². The fourth-order valence-corrected chi connectivity index (χ4v) is 3.37. The number of hydrogen-bond donors (Lipinski definition) is 2. The Bertz CT molecular complexity index is 555. The number of carbonyl (C=O) groups excluding carboxylic acids is 1. The molecule has 0 unspecified atom stereocenters. The van der Waals surface area contributed by atoms with Gasteiger partial charge in [0.2, 0.25) is 0 Å². The summed E-state index contributed by atoms with van der Waals surface area (Å²) in [5.41, 5.74) is 0.700. The molecule has 2 fully saturated rings. The van der Waals surface area contributed by atoms with E-state index in [9.17, 15) is 4.79 Å². The van der Waals surface area contributed by atoms with Gasteiger partial charge in [-0.15, -0.1) is 0 Å². The van der Waals surface area contributed by atoms with Crippen molar-refractivity contribution in [2.45, 2.75) is 12.5 Å². The molecule has 0 aliphatic carbocycles. The number of para-hydroxylation sites is 2. The summed E-state index contributed by atoms with van der Waals surface area (Å²) in [6, 6.07) is 8.07. The number of piperazine rings is 1. The maximum atomic E-state index is 12.6. The molecule has 3 rings (SSSR count). The van der Waals surface area contributed by atoms with Gasteiger partial charge >= 0.3 is 6.03 Å². The maximum absolute atomic E-state index is 12.6. The molecule has 7 heteroatoms. The van der Waals surface area contributed by atoms with Crippen LogP contribution in [0.4, 0.5) is 10.5 Å². The zero-order chi connectivity index (χ0) is 17.5. The highest BCUT2D eigenvalue weighted by Gasteiger charge is 2.27. The van der Waals surface area contributed by atoms with E-state index >= 15 is 0 Å². The number of ether oxygens (including phenoxy) is 2. The predicted octanol–water partition coefficient (Wildman–Crippen LogP) is 1.22. The van der Waals surface area contributed by atoms with E-state index in [0.717, 1.165) is 39.3 Å². The molecule has 2 aliphatic rings. The number of urea groups is 1. The SMILES string of the molecule is COCCOc1ccccc1NC(=O)N1CCN([C@H]2CCNC2)CC1. The van der Waals surface area contributed by atoms with Gasteiger partial charge in [-0.3, -0.25) is 4.90 Å². The quantitative estimate of drug-likeness (QED) is 0.757. The number of hydrogen-bond acceptors (Lipinski definition) is 5. The van der Waals surface area contributed by atoms with Crippen LogP contribution in [0.3, 0.4) is 0 Å². The van der Waals surface area contributed by atoms with Crippen LogP contribution >= 0.6 is 0 Å². The zero-order valence-electron chi connectivity index (χ0n) is 14.9. The summed E-state index contributed by atoms with van der Waals surface area (Å²) in [5.74, 6) is 0.670. The number of anilines is 1. The summed E-state index contributed by atoms with van der Waals surface area (Å²) in [4.78, 5) is 17.0. The van der Waals surface area contributed by atoms with Crippen LogP contribution < -0.4 is 15.4 Å². The first kappa shape index (κ1) is 18.0. The molecule has 2 amide bonds. The second-order valence-corrected chi connectivity index (χ2v) is 6.44. The van der Waals surface area contributed by atoms with Gasteiger partial charge in [0.1, 0.15) is 12.4 Å². The molecule has 2 saturated heterocycles. The topological polar surface area (TPSA) is 66.1 Å². The maximum Gasteiger partial charge on any atom is 0.322 e. The molecule has 2 N–H and O–H groups in total. The standard InChI is InChI=1S/C18H28N4O3/c1-24-12-13-25-17-5-3-2-4-16(17)20-18(23)22-10-8-21(9-11-22)15-6-7-19-14-15/h2-5,15,19H,6-14H2,1H3,(H,20,23)/t15-/m0/s1. The van der Waals surface area contributed by atoms with E-state index in [1.807, 2.05) is 29.2 Å². The van der Waals surface area contributed by atoms with E-state index in [2.05, 4.69) is 15.5 Å². The largest absolute Gasteiger partial charge is 0.489 e. The number of carbonyl (C=O) groups is 1. The molecule has 0 radical (unpaired) electrons. The summed E-state index contributed by atoms with van der Waals surface area (Å²) < 4.78 is 10.7. The summed E-state index contributed by atoms with van der Waals surface area (Å²) in [5, 5.41) is 6.39. The molecule has 25 heavy (non-hydrogen) atoms. The van der Waals surface area contributed by atoms with Crippen molar-refractivity contribution in [1.29, 1.82) is 0 Å². The van der Waals surface area contributed by atoms with Gasteiger partial charge in [-0.2, -0.15) is 0 Å². The van der Waals surface area contributed by atoms with Crippen molar-refractivity contribution in [3.05, 3.63) is 24.3 Å². The summed E-state index contributed by atoms with van der Waals surface area (Å²) >= 11 is 0. The van der Waals surface area contributed by atoms with Crippen molar-refractivity contribution in [3.8, 4) is 5.75 Å². The molecular formula is C18H28N4O3. The first-order valence-electron chi connectivity index (χ1n) is 8.99. The second-order valence-electron chi connectivity index (χ2n) is 6.44. The predicted molar refractivity (Wildman–Crippen MR) is 97.3 cm³/mol. The average Bonchev–Trinajstić information content (AvgIpc) is 3.18. The number of benzene rings is 1. The number of methoxy groups -OCH3 is 1. The highest BCUT2D eigenvalue weighted by Crippen LogP contribution is 2.24. The third-order valence-electron chi connectivity index (χ3n) is 4.83. The Balaban J connectivity index is 1.51. The van der Waals surface area contributed by atoms with Gasteiger partial charge in [0.05, 0.1) is 12.3 Å². The first-order valence-corrected chi connectivity index (χ1v) is 8.99. The van der Waals surface area contributed by atoms with E-state index in [4.69, 9.17) is 9.47 Å². The lowest BCUT2D eigenvalue weighted by Crippen LogP contribution is -2.53. The Morgan fingerprint density at radius 2 is 2.04 bits per heavy atom. The minimum absolute atomic E-state index is 0.0630. The van der Waals surface area contributed by atoms with Crippen LogP contribution in [0.2, 0.25) is 0 Å². The smallest absolute Gasteiger partial charge is 0.322 e. The fraction of sp³-hybridized carbons (Fsp3) is 0.611. The van der Waals surface area contributed by atoms with Crippen LogP contribution in [-0.4, -0.2) is 81.5 Å². The van der Waals surface area contributed by atoms with Crippen LogP contribution in [0.25, 0.3) is 0 Å². The van der Waals surface area contributed by atoms with E-state index in [1.165, 1.54) is 6.42 Å². The lowest BCUT2D eigenvalue weighted by molar-refractivity contribution is 0.119. The Hall–Kier alpha value is -1.83. The molecule has 1 aromatic carbocycles. The highest BCUT2D eigenvalue weighted by molar-refractivity contribution is 5.91. The van der Waals surface area contributed by atoms with Gasteiger partial charge in [-0.25, -0.2) is 4.79 Å². The van der Waals surface area contributed by atoms with Gasteiger partial charge in [0, 0.05) is 45.9 Å². The average molecular weight is 348 g/mol. The van der Waals surface area contributed by atoms with Crippen molar-refractivity contribution < 1.29 is 14.3 Å². The normalized spacial score (nSPS) is 21.3. The Morgan fingerprint density at radius 3 is 2.76 bits per heavy atom. The Kier molecular flexibility index (Phi) is 6.49. The minimum atomic E-state index is -0.0630. The van der Waals surface area contributed by atoms with Gasteiger partial charge in [-0.1, -0.05) is 12.1 Å². The molecule has 1 atom stereocenters. The van der Waals surface area contributed by atoms with Crippen molar-refractivity contribution >= 4 is 11.7 Å². The molecule has 0 aromatic heterocycles. The van der Waals surface area contributed by atoms with Gasteiger partial charge in [0.15, 0.2) is 0 Å². The lowest BCUT2D eigenvalue weighted by Gasteiger charge is -2.37. The molecule has 2 heterocycles. The second kappa shape index (κ2) is 9.03. The van der Waals surface area contributed by atoms with E-state index < -0.39 is 0 Å². The Morgan fingerprint density at radius 1 is 1.24 bits per heavy atom. The molecule has 0 spiro atoms. The van der Waals surface area contributed by atoms with Crippen LogP contribution in [0.5, 0.6) is 5.75 Å². The molecule has 0 bridgehead atoms. The van der Waals surface area contributed by atoms with E-state index in [0.29, 0.717) is 30.7 Å². The van der Waals surface area contributed by atoms with Gasteiger partial charge < -0.3 is 25.0 Å². The fourth-order valence-electron chi connectivity index (χ4n) is 3.37. The van der Waals surface area contributed by atoms with Crippen LogP contribution in [0.15, 0.2) is 24.3 Å². The van der Waals surface area contributed by atoms with Crippen LogP contribution in [0.1, 0.15) is 6.42 Å². The Labute approximate surface area is 149 Å². The molecule has 2 aliphatic heterocycles. The first-order chi connectivity index (χ1) is 12.3. The number of nitrogens with zero attached hydrogens (tertiary/aromatic N) is 2.